The molecule has 1 aromatic rings. The Balaban J connectivity index is 1.62. The molecule has 1 amide bonds. The molecule has 23 heavy (non-hydrogen) atoms. The van der Waals surface area contributed by atoms with Crippen LogP contribution in [0.25, 0.3) is 0 Å². The summed E-state index contributed by atoms with van der Waals surface area (Å²) >= 11 is 0. The average molecular weight is 315 g/mol. The van der Waals surface area contributed by atoms with Crippen LogP contribution in [0, 0.1) is 5.92 Å². The molecule has 2 heterocycles. The standard InChI is InChI=1S/C17H25N5O/c1-17(15(23)22(2)16(18)21-17)11-12-6-5-7-13(10-12)20-14-8-3-4-9-19-14/h3-4,8-9,12-13H,5-7,10-11H2,1-2H3,(H2,18,21)(H,19,20)/t12-,13?,17+/m0/s1. The quantitative estimate of drug-likeness (QED) is 0.890. The smallest absolute Gasteiger partial charge is 0.256 e. The van der Waals surface area contributed by atoms with E-state index >= 15 is 0 Å². The minimum absolute atomic E-state index is 0.00908. The first-order chi connectivity index (χ1) is 11.0. The van der Waals surface area contributed by atoms with Crippen LogP contribution < -0.4 is 11.1 Å². The van der Waals surface area contributed by atoms with E-state index < -0.39 is 5.54 Å². The molecule has 1 aliphatic carbocycles. The zero-order chi connectivity index (χ0) is 16.4. The second kappa shape index (κ2) is 6.18. The Morgan fingerprint density at radius 1 is 1.43 bits per heavy atom. The van der Waals surface area contributed by atoms with E-state index in [0.29, 0.717) is 17.9 Å². The van der Waals surface area contributed by atoms with Gasteiger partial charge in [0.05, 0.1) is 0 Å². The lowest BCUT2D eigenvalue weighted by Crippen LogP contribution is -2.42. The molecule has 3 atom stereocenters. The van der Waals surface area contributed by atoms with E-state index in [1.54, 1.807) is 13.2 Å². The average Bonchev–Trinajstić information content (AvgIpc) is 2.72. The number of pyridine rings is 1. The lowest BCUT2D eigenvalue weighted by molar-refractivity contribution is -0.130. The van der Waals surface area contributed by atoms with Crippen molar-refractivity contribution >= 4 is 17.7 Å². The minimum Gasteiger partial charge on any atom is -0.369 e. The van der Waals surface area contributed by atoms with E-state index in [2.05, 4.69) is 15.3 Å². The van der Waals surface area contributed by atoms with E-state index in [9.17, 15) is 4.79 Å². The summed E-state index contributed by atoms with van der Waals surface area (Å²) in [6.07, 6.45) is 7.05. The highest BCUT2D eigenvalue weighted by Gasteiger charge is 2.44. The van der Waals surface area contributed by atoms with Gasteiger partial charge in [-0.2, -0.15) is 0 Å². The molecule has 0 bridgehead atoms. The first-order valence-corrected chi connectivity index (χ1v) is 8.29. The van der Waals surface area contributed by atoms with Crippen LogP contribution in [0.15, 0.2) is 29.4 Å². The molecule has 1 saturated carbocycles. The number of likely N-dealkylation sites (N-methyl/N-ethyl adjacent to an activating group) is 1. The van der Waals surface area contributed by atoms with Gasteiger partial charge in [-0.05, 0) is 44.2 Å². The Morgan fingerprint density at radius 2 is 2.26 bits per heavy atom. The number of anilines is 1. The van der Waals surface area contributed by atoms with Crippen molar-refractivity contribution in [3.05, 3.63) is 24.4 Å². The van der Waals surface area contributed by atoms with Crippen molar-refractivity contribution in [1.29, 1.82) is 0 Å². The first-order valence-electron chi connectivity index (χ1n) is 8.29. The maximum Gasteiger partial charge on any atom is 0.256 e. The number of hydrogen-bond acceptors (Lipinski definition) is 5. The van der Waals surface area contributed by atoms with Crippen LogP contribution in [0.1, 0.15) is 39.0 Å². The van der Waals surface area contributed by atoms with E-state index in [4.69, 9.17) is 5.73 Å². The number of carbonyl (C=O) groups is 1. The zero-order valence-corrected chi connectivity index (χ0v) is 13.8. The fourth-order valence-corrected chi connectivity index (χ4v) is 3.80. The zero-order valence-electron chi connectivity index (χ0n) is 13.8. The van der Waals surface area contributed by atoms with Crippen molar-refractivity contribution in [3.8, 4) is 0 Å². The van der Waals surface area contributed by atoms with Gasteiger partial charge in [0.25, 0.3) is 5.91 Å². The summed E-state index contributed by atoms with van der Waals surface area (Å²) in [5, 5.41) is 3.51. The van der Waals surface area contributed by atoms with Crippen molar-refractivity contribution in [2.45, 2.75) is 50.6 Å². The molecule has 3 rings (SSSR count). The van der Waals surface area contributed by atoms with Crippen molar-refractivity contribution in [3.63, 3.8) is 0 Å². The number of aliphatic imine (C=N–C) groups is 1. The van der Waals surface area contributed by atoms with Crippen molar-refractivity contribution in [2.24, 2.45) is 16.6 Å². The Morgan fingerprint density at radius 3 is 2.91 bits per heavy atom. The number of guanidine groups is 1. The third-order valence-electron chi connectivity index (χ3n) is 4.96. The number of nitrogens with one attached hydrogen (secondary N) is 1. The highest BCUT2D eigenvalue weighted by atomic mass is 16.2. The van der Waals surface area contributed by atoms with Gasteiger partial charge in [-0.15, -0.1) is 0 Å². The molecule has 1 aliphatic heterocycles. The van der Waals surface area contributed by atoms with E-state index in [-0.39, 0.29) is 5.91 Å². The predicted octanol–water partition coefficient (Wildman–Crippen LogP) is 1.99. The van der Waals surface area contributed by atoms with Crippen LogP contribution in [0.2, 0.25) is 0 Å². The van der Waals surface area contributed by atoms with E-state index in [0.717, 1.165) is 37.9 Å². The number of hydrogen-bond donors (Lipinski definition) is 2. The number of carbonyl (C=O) groups excluding carboxylic acids is 1. The highest BCUT2D eigenvalue weighted by Crippen LogP contribution is 2.36. The third kappa shape index (κ3) is 3.30. The van der Waals surface area contributed by atoms with Crippen LogP contribution in [-0.2, 0) is 4.79 Å². The fraction of sp³-hybridized carbons (Fsp3) is 0.588. The topological polar surface area (TPSA) is 83.6 Å². The summed E-state index contributed by atoms with van der Waals surface area (Å²) in [7, 11) is 1.69. The number of aromatic nitrogens is 1. The van der Waals surface area contributed by atoms with Gasteiger partial charge >= 0.3 is 0 Å². The second-order valence-corrected chi connectivity index (χ2v) is 6.90. The van der Waals surface area contributed by atoms with Crippen molar-refractivity contribution in [1.82, 2.24) is 9.88 Å². The molecular formula is C17H25N5O. The molecule has 3 N–H and O–H groups in total. The fourth-order valence-electron chi connectivity index (χ4n) is 3.80. The summed E-state index contributed by atoms with van der Waals surface area (Å²) in [4.78, 5) is 22.6. The molecule has 0 radical (unpaired) electrons. The van der Waals surface area contributed by atoms with Gasteiger partial charge < -0.3 is 11.1 Å². The molecule has 0 aromatic carbocycles. The maximum absolute atomic E-state index is 12.4. The number of nitrogens with two attached hydrogens (primary N) is 1. The SMILES string of the molecule is CN1C(=O)[C@@](C)(C[C@H]2CCCC(Nc3ccccn3)C2)N=C1N. The molecule has 0 saturated heterocycles. The molecular weight excluding hydrogens is 290 g/mol. The predicted molar refractivity (Wildman–Crippen MR) is 91.0 cm³/mol. The molecule has 124 valence electrons. The Hall–Kier alpha value is -2.11. The minimum atomic E-state index is -0.698. The monoisotopic (exact) mass is 315 g/mol. The number of nitrogens with zero attached hydrogens (tertiary/aromatic N) is 3. The molecule has 2 aliphatic rings. The first kappa shape index (κ1) is 15.8. The molecule has 6 heteroatoms. The molecule has 1 aromatic heterocycles. The van der Waals surface area contributed by atoms with Gasteiger partial charge in [0, 0.05) is 19.3 Å². The van der Waals surface area contributed by atoms with Gasteiger partial charge in [-0.25, -0.2) is 9.98 Å². The lowest BCUT2D eigenvalue weighted by Gasteiger charge is -2.33. The highest BCUT2D eigenvalue weighted by molar-refractivity contribution is 6.06. The van der Waals surface area contributed by atoms with Gasteiger partial charge in [-0.1, -0.05) is 18.9 Å². The molecule has 1 fully saturated rings. The summed E-state index contributed by atoms with van der Waals surface area (Å²) in [6.45, 7) is 1.90. The summed E-state index contributed by atoms with van der Waals surface area (Å²) < 4.78 is 0. The van der Waals surface area contributed by atoms with Crippen LogP contribution in [0.3, 0.4) is 0 Å². The van der Waals surface area contributed by atoms with Crippen LogP contribution in [-0.4, -0.2) is 40.4 Å². The Kier molecular flexibility index (Phi) is 4.24. The normalized spacial score (nSPS) is 31.1. The molecule has 1 unspecified atom stereocenters. The van der Waals surface area contributed by atoms with Gasteiger partial charge in [0.2, 0.25) is 0 Å². The number of amides is 1. The van der Waals surface area contributed by atoms with Gasteiger partial charge in [0.15, 0.2) is 5.96 Å². The number of rotatable bonds is 4. The second-order valence-electron chi connectivity index (χ2n) is 6.90. The van der Waals surface area contributed by atoms with Crippen LogP contribution >= 0.6 is 0 Å². The summed E-state index contributed by atoms with van der Waals surface area (Å²) in [5.74, 6) is 1.73. The lowest BCUT2D eigenvalue weighted by atomic mass is 9.78. The Labute approximate surface area is 137 Å². The van der Waals surface area contributed by atoms with Crippen molar-refractivity contribution in [2.75, 3.05) is 12.4 Å². The molecule has 6 nitrogen and oxygen atoms in total. The van der Waals surface area contributed by atoms with Gasteiger partial charge in [-0.3, -0.25) is 9.69 Å². The van der Waals surface area contributed by atoms with E-state index in [1.807, 2.05) is 25.1 Å². The van der Waals surface area contributed by atoms with Crippen LogP contribution in [0.5, 0.6) is 0 Å². The largest absolute Gasteiger partial charge is 0.369 e. The summed E-state index contributed by atoms with van der Waals surface area (Å²) in [5.41, 5.74) is 5.12. The van der Waals surface area contributed by atoms with Crippen molar-refractivity contribution < 1.29 is 4.79 Å². The summed E-state index contributed by atoms with van der Waals surface area (Å²) in [6, 6.07) is 6.30. The Bertz CT molecular complexity index is 602. The van der Waals surface area contributed by atoms with Gasteiger partial charge in [0.1, 0.15) is 11.4 Å². The molecule has 0 spiro atoms. The third-order valence-corrected chi connectivity index (χ3v) is 4.96. The van der Waals surface area contributed by atoms with Crippen LogP contribution in [0.4, 0.5) is 5.82 Å². The maximum atomic E-state index is 12.4. The van der Waals surface area contributed by atoms with E-state index in [1.165, 1.54) is 4.90 Å².